The van der Waals surface area contributed by atoms with Crippen LogP contribution >= 0.6 is 0 Å². The summed E-state index contributed by atoms with van der Waals surface area (Å²) >= 11 is 0. The minimum absolute atomic E-state index is 0.199. The van der Waals surface area contributed by atoms with Gasteiger partial charge in [0.25, 0.3) is 0 Å². The molecule has 0 aromatic heterocycles. The van der Waals surface area contributed by atoms with E-state index in [9.17, 15) is 0 Å². The standard InChI is InChI=1S/C12H18N2O2/c1-12(2,13)7-14-6-9-4-3-5-10-11(9)16-8-15-10/h3-5,14H,6-8,13H2,1-2H3. The molecule has 0 atom stereocenters. The number of para-hydroxylation sites is 1. The zero-order valence-corrected chi connectivity index (χ0v) is 9.75. The minimum atomic E-state index is -0.199. The van der Waals surface area contributed by atoms with Crippen LogP contribution in [0.2, 0.25) is 0 Å². The first-order chi connectivity index (χ1) is 7.56. The number of benzene rings is 1. The fourth-order valence-electron chi connectivity index (χ4n) is 1.65. The van der Waals surface area contributed by atoms with Crippen molar-refractivity contribution in [3.8, 4) is 11.5 Å². The summed E-state index contributed by atoms with van der Waals surface area (Å²) in [5, 5.41) is 3.31. The first-order valence-electron chi connectivity index (χ1n) is 5.43. The van der Waals surface area contributed by atoms with Crippen LogP contribution in [-0.2, 0) is 6.54 Å². The number of rotatable bonds is 4. The van der Waals surface area contributed by atoms with Gasteiger partial charge in [-0.25, -0.2) is 0 Å². The van der Waals surface area contributed by atoms with Crippen molar-refractivity contribution in [3.63, 3.8) is 0 Å². The molecule has 0 fully saturated rings. The second-order valence-electron chi connectivity index (χ2n) is 4.74. The SMILES string of the molecule is CC(C)(N)CNCc1cccc2c1OCO2. The van der Waals surface area contributed by atoms with E-state index < -0.39 is 0 Å². The molecule has 1 aliphatic heterocycles. The van der Waals surface area contributed by atoms with E-state index >= 15 is 0 Å². The first-order valence-corrected chi connectivity index (χ1v) is 5.43. The number of nitrogens with two attached hydrogens (primary N) is 1. The van der Waals surface area contributed by atoms with Crippen LogP contribution in [0.15, 0.2) is 18.2 Å². The van der Waals surface area contributed by atoms with Crippen molar-refractivity contribution in [1.82, 2.24) is 5.32 Å². The van der Waals surface area contributed by atoms with Crippen LogP contribution in [0.25, 0.3) is 0 Å². The van der Waals surface area contributed by atoms with E-state index in [4.69, 9.17) is 15.2 Å². The third-order valence-electron chi connectivity index (χ3n) is 2.37. The molecule has 1 aromatic rings. The molecule has 2 rings (SSSR count). The van der Waals surface area contributed by atoms with Gasteiger partial charge in [-0.2, -0.15) is 0 Å². The lowest BCUT2D eigenvalue weighted by Gasteiger charge is -2.19. The van der Waals surface area contributed by atoms with Gasteiger partial charge in [-0.1, -0.05) is 12.1 Å². The fourth-order valence-corrected chi connectivity index (χ4v) is 1.65. The largest absolute Gasteiger partial charge is 0.454 e. The van der Waals surface area contributed by atoms with Gasteiger partial charge in [0.15, 0.2) is 11.5 Å². The summed E-state index contributed by atoms with van der Waals surface area (Å²) in [6.45, 7) is 5.81. The summed E-state index contributed by atoms with van der Waals surface area (Å²) in [6, 6.07) is 5.92. The van der Waals surface area contributed by atoms with Gasteiger partial charge in [0.2, 0.25) is 6.79 Å². The number of fused-ring (bicyclic) bond motifs is 1. The van der Waals surface area contributed by atoms with Gasteiger partial charge in [-0.15, -0.1) is 0 Å². The normalized spacial score (nSPS) is 14.2. The molecule has 1 aliphatic rings. The van der Waals surface area contributed by atoms with Crippen molar-refractivity contribution in [1.29, 1.82) is 0 Å². The molecule has 0 saturated carbocycles. The molecule has 0 unspecified atom stereocenters. The Morgan fingerprint density at radius 2 is 2.19 bits per heavy atom. The molecule has 0 saturated heterocycles. The third kappa shape index (κ3) is 2.65. The van der Waals surface area contributed by atoms with Crippen LogP contribution in [0.5, 0.6) is 11.5 Å². The predicted octanol–water partition coefficient (Wildman–Crippen LogP) is 1.24. The molecule has 1 aromatic carbocycles. The van der Waals surface area contributed by atoms with Gasteiger partial charge in [-0.3, -0.25) is 0 Å². The molecule has 1 heterocycles. The van der Waals surface area contributed by atoms with E-state index in [1.807, 2.05) is 32.0 Å². The van der Waals surface area contributed by atoms with E-state index in [0.717, 1.165) is 30.2 Å². The van der Waals surface area contributed by atoms with Gasteiger partial charge in [0.1, 0.15) is 0 Å². The molecule has 88 valence electrons. The van der Waals surface area contributed by atoms with Gasteiger partial charge in [0, 0.05) is 24.2 Å². The average molecular weight is 222 g/mol. The summed E-state index contributed by atoms with van der Waals surface area (Å²) in [5.74, 6) is 1.68. The number of hydrogen-bond donors (Lipinski definition) is 2. The van der Waals surface area contributed by atoms with Crippen molar-refractivity contribution in [2.24, 2.45) is 5.73 Å². The molecule has 16 heavy (non-hydrogen) atoms. The van der Waals surface area contributed by atoms with Crippen molar-refractivity contribution >= 4 is 0 Å². The maximum Gasteiger partial charge on any atom is 0.231 e. The van der Waals surface area contributed by atoms with Crippen LogP contribution in [0.4, 0.5) is 0 Å². The Hall–Kier alpha value is -1.26. The maximum absolute atomic E-state index is 5.89. The zero-order valence-electron chi connectivity index (χ0n) is 9.75. The Bertz CT molecular complexity index is 372. The Balaban J connectivity index is 1.98. The highest BCUT2D eigenvalue weighted by Gasteiger charge is 2.17. The van der Waals surface area contributed by atoms with Crippen molar-refractivity contribution < 1.29 is 9.47 Å². The van der Waals surface area contributed by atoms with Crippen molar-refractivity contribution in [3.05, 3.63) is 23.8 Å². The highest BCUT2D eigenvalue weighted by molar-refractivity contribution is 5.48. The van der Waals surface area contributed by atoms with E-state index in [-0.39, 0.29) is 5.54 Å². The molecule has 0 aliphatic carbocycles. The number of ether oxygens (including phenoxy) is 2. The van der Waals surface area contributed by atoms with Crippen LogP contribution < -0.4 is 20.5 Å². The molecular formula is C12H18N2O2. The summed E-state index contributed by atoms with van der Waals surface area (Å²) in [6.07, 6.45) is 0. The van der Waals surface area contributed by atoms with E-state index in [2.05, 4.69) is 5.32 Å². The topological polar surface area (TPSA) is 56.5 Å². The molecule has 4 heteroatoms. The monoisotopic (exact) mass is 222 g/mol. The van der Waals surface area contributed by atoms with Gasteiger partial charge in [-0.05, 0) is 19.9 Å². The highest BCUT2D eigenvalue weighted by atomic mass is 16.7. The van der Waals surface area contributed by atoms with Crippen molar-refractivity contribution in [2.75, 3.05) is 13.3 Å². The quantitative estimate of drug-likeness (QED) is 0.805. The van der Waals surface area contributed by atoms with Gasteiger partial charge < -0.3 is 20.5 Å². The highest BCUT2D eigenvalue weighted by Crippen LogP contribution is 2.35. The Labute approximate surface area is 95.7 Å². The Morgan fingerprint density at radius 3 is 2.94 bits per heavy atom. The summed E-state index contributed by atoms with van der Waals surface area (Å²) in [4.78, 5) is 0. The van der Waals surface area contributed by atoms with E-state index in [0.29, 0.717) is 6.79 Å². The van der Waals surface area contributed by atoms with Crippen LogP contribution in [-0.4, -0.2) is 18.9 Å². The second-order valence-corrected chi connectivity index (χ2v) is 4.74. The molecule has 4 nitrogen and oxygen atoms in total. The van der Waals surface area contributed by atoms with E-state index in [1.54, 1.807) is 0 Å². The molecule has 0 bridgehead atoms. The minimum Gasteiger partial charge on any atom is -0.454 e. The molecule has 0 amide bonds. The first kappa shape index (κ1) is 11.2. The Kier molecular flexibility index (Phi) is 3.03. The number of nitrogens with one attached hydrogen (secondary N) is 1. The van der Waals surface area contributed by atoms with Crippen LogP contribution in [0.1, 0.15) is 19.4 Å². The number of hydrogen-bond acceptors (Lipinski definition) is 4. The molecule has 0 radical (unpaired) electrons. The van der Waals surface area contributed by atoms with Gasteiger partial charge >= 0.3 is 0 Å². The molecular weight excluding hydrogens is 204 g/mol. The summed E-state index contributed by atoms with van der Waals surface area (Å²) < 4.78 is 10.7. The second kappa shape index (κ2) is 4.31. The zero-order chi connectivity index (χ0) is 11.6. The Morgan fingerprint density at radius 1 is 1.38 bits per heavy atom. The lowest BCUT2D eigenvalue weighted by atomic mass is 10.1. The summed E-state index contributed by atoms with van der Waals surface area (Å²) in [7, 11) is 0. The maximum atomic E-state index is 5.89. The third-order valence-corrected chi connectivity index (χ3v) is 2.37. The lowest BCUT2D eigenvalue weighted by molar-refractivity contribution is 0.173. The van der Waals surface area contributed by atoms with Crippen LogP contribution in [0, 0.1) is 0 Å². The van der Waals surface area contributed by atoms with Crippen LogP contribution in [0.3, 0.4) is 0 Å². The summed E-state index contributed by atoms with van der Waals surface area (Å²) in [5.41, 5.74) is 6.81. The van der Waals surface area contributed by atoms with E-state index in [1.165, 1.54) is 0 Å². The average Bonchev–Trinajstić information content (AvgIpc) is 2.64. The molecule has 0 spiro atoms. The smallest absolute Gasteiger partial charge is 0.231 e. The van der Waals surface area contributed by atoms with Crippen molar-refractivity contribution in [2.45, 2.75) is 25.9 Å². The fraction of sp³-hybridized carbons (Fsp3) is 0.500. The molecule has 3 N–H and O–H groups in total. The van der Waals surface area contributed by atoms with Gasteiger partial charge in [0.05, 0.1) is 0 Å². The lowest BCUT2D eigenvalue weighted by Crippen LogP contribution is -2.42. The predicted molar refractivity (Wildman–Crippen MR) is 62.5 cm³/mol.